The third-order valence-corrected chi connectivity index (χ3v) is 2.29. The Kier molecular flexibility index (Phi) is 4.84. The van der Waals surface area contributed by atoms with Crippen LogP contribution in [0.25, 0.3) is 0 Å². The fourth-order valence-corrected chi connectivity index (χ4v) is 1.31. The molecule has 0 aliphatic carbocycles. The van der Waals surface area contributed by atoms with E-state index in [1.165, 1.54) is 12.1 Å². The van der Waals surface area contributed by atoms with Crippen molar-refractivity contribution >= 4 is 24.6 Å². The van der Waals surface area contributed by atoms with Gasteiger partial charge in [-0.05, 0) is 30.4 Å². The van der Waals surface area contributed by atoms with Crippen LogP contribution in [0.5, 0.6) is 5.75 Å². The first kappa shape index (κ1) is 13.4. The summed E-state index contributed by atoms with van der Waals surface area (Å²) >= 11 is 4.00. The van der Waals surface area contributed by atoms with Gasteiger partial charge in [-0.15, -0.1) is 0 Å². The minimum Gasteiger partial charge on any atom is -0.494 e. The number of carboxylic acid groups (broad SMARTS) is 2. The summed E-state index contributed by atoms with van der Waals surface area (Å²) in [7, 11) is 0. The van der Waals surface area contributed by atoms with Crippen molar-refractivity contribution in [3.05, 3.63) is 29.3 Å². The molecule has 2 N–H and O–H groups in total. The summed E-state index contributed by atoms with van der Waals surface area (Å²) in [6.07, 6.45) is 0.697. The van der Waals surface area contributed by atoms with E-state index in [-0.39, 0.29) is 16.9 Å². The first-order valence-electron chi connectivity index (χ1n) is 4.90. The predicted octanol–water partition coefficient (Wildman–Crippen LogP) is 1.78. The summed E-state index contributed by atoms with van der Waals surface area (Å²) in [6, 6.07) is 3.69. The van der Waals surface area contributed by atoms with Crippen LogP contribution in [0.15, 0.2) is 18.2 Å². The van der Waals surface area contributed by atoms with Gasteiger partial charge in [-0.3, -0.25) is 0 Å². The number of carbonyl (C=O) groups is 2. The Morgan fingerprint density at radius 3 is 2.06 bits per heavy atom. The maximum Gasteiger partial charge on any atom is 0.335 e. The van der Waals surface area contributed by atoms with Crippen LogP contribution in [0, 0.1) is 0 Å². The molecule has 0 unspecified atom stereocenters. The van der Waals surface area contributed by atoms with Crippen molar-refractivity contribution < 1.29 is 24.5 Å². The molecule has 0 heterocycles. The van der Waals surface area contributed by atoms with Crippen LogP contribution in [-0.2, 0) is 0 Å². The Bertz CT molecular complexity index is 398. The number of carboxylic acids is 2. The van der Waals surface area contributed by atoms with Gasteiger partial charge >= 0.3 is 11.9 Å². The van der Waals surface area contributed by atoms with Crippen molar-refractivity contribution in [1.29, 1.82) is 0 Å². The lowest BCUT2D eigenvalue weighted by molar-refractivity contribution is 0.0696. The van der Waals surface area contributed by atoms with E-state index < -0.39 is 11.9 Å². The molecule has 0 aromatic heterocycles. The fraction of sp³-hybridized carbons (Fsp3) is 0.273. The second-order valence-corrected chi connectivity index (χ2v) is 3.73. The largest absolute Gasteiger partial charge is 0.494 e. The standard InChI is InChI=1S/C11H12O5S/c12-10(13)7-4-8(11(14)15)6-9(5-7)16-2-1-3-17/h4-6,17H,1-3H2,(H,12,13)(H,14,15). The number of benzene rings is 1. The molecule has 0 amide bonds. The van der Waals surface area contributed by atoms with Gasteiger partial charge in [-0.25, -0.2) is 9.59 Å². The van der Waals surface area contributed by atoms with Crippen LogP contribution < -0.4 is 4.74 Å². The minimum atomic E-state index is -1.19. The van der Waals surface area contributed by atoms with Crippen molar-refractivity contribution in [3.63, 3.8) is 0 Å². The van der Waals surface area contributed by atoms with E-state index in [1.54, 1.807) is 0 Å². The molecule has 0 fully saturated rings. The second-order valence-electron chi connectivity index (χ2n) is 3.28. The monoisotopic (exact) mass is 256 g/mol. The highest BCUT2D eigenvalue weighted by Crippen LogP contribution is 2.18. The molecule has 0 radical (unpaired) electrons. The van der Waals surface area contributed by atoms with Crippen LogP contribution >= 0.6 is 12.6 Å². The molecule has 0 aliphatic heterocycles. The van der Waals surface area contributed by atoms with Gasteiger partial charge in [-0.1, -0.05) is 0 Å². The average Bonchev–Trinajstić information content (AvgIpc) is 2.29. The number of hydrogen-bond acceptors (Lipinski definition) is 4. The van der Waals surface area contributed by atoms with Crippen molar-refractivity contribution in [2.75, 3.05) is 12.4 Å². The van der Waals surface area contributed by atoms with Crippen LogP contribution in [0.3, 0.4) is 0 Å². The first-order chi connectivity index (χ1) is 8.04. The highest BCUT2D eigenvalue weighted by atomic mass is 32.1. The number of aromatic carboxylic acids is 2. The molecule has 5 nitrogen and oxygen atoms in total. The lowest BCUT2D eigenvalue weighted by Gasteiger charge is -2.07. The Hall–Kier alpha value is -1.69. The number of thiol groups is 1. The molecule has 1 rings (SSSR count). The molecule has 1 aromatic carbocycles. The molecule has 6 heteroatoms. The Balaban J connectivity index is 2.95. The summed E-state index contributed by atoms with van der Waals surface area (Å²) < 4.78 is 5.25. The lowest BCUT2D eigenvalue weighted by atomic mass is 10.1. The van der Waals surface area contributed by atoms with E-state index in [0.717, 1.165) is 6.07 Å². The normalized spacial score (nSPS) is 9.94. The zero-order valence-corrected chi connectivity index (χ0v) is 9.81. The van der Waals surface area contributed by atoms with Crippen molar-refractivity contribution in [1.82, 2.24) is 0 Å². The SMILES string of the molecule is O=C(O)c1cc(OCCCS)cc(C(=O)O)c1. The maximum atomic E-state index is 10.8. The summed E-state index contributed by atoms with van der Waals surface area (Å²) in [6.45, 7) is 0.367. The molecule has 92 valence electrons. The molecule has 0 saturated carbocycles. The third-order valence-electron chi connectivity index (χ3n) is 1.97. The smallest absolute Gasteiger partial charge is 0.335 e. The van der Waals surface area contributed by atoms with E-state index in [1.807, 2.05) is 0 Å². The molecule has 0 aliphatic rings. The van der Waals surface area contributed by atoms with Crippen molar-refractivity contribution in [2.45, 2.75) is 6.42 Å². The van der Waals surface area contributed by atoms with Gasteiger partial charge < -0.3 is 14.9 Å². The molecule has 0 bridgehead atoms. The van der Waals surface area contributed by atoms with E-state index in [9.17, 15) is 9.59 Å². The number of ether oxygens (including phenoxy) is 1. The zero-order chi connectivity index (χ0) is 12.8. The lowest BCUT2D eigenvalue weighted by Crippen LogP contribution is -2.05. The van der Waals surface area contributed by atoms with E-state index >= 15 is 0 Å². The van der Waals surface area contributed by atoms with Crippen LogP contribution in [-0.4, -0.2) is 34.5 Å². The quantitative estimate of drug-likeness (QED) is 0.533. The zero-order valence-electron chi connectivity index (χ0n) is 8.92. The first-order valence-corrected chi connectivity index (χ1v) is 5.53. The number of hydrogen-bond donors (Lipinski definition) is 3. The molecule has 0 atom stereocenters. The highest BCUT2D eigenvalue weighted by molar-refractivity contribution is 7.80. The molecular formula is C11H12O5S. The predicted molar refractivity (Wildman–Crippen MR) is 64.3 cm³/mol. The fourth-order valence-electron chi connectivity index (χ4n) is 1.18. The average molecular weight is 256 g/mol. The maximum absolute atomic E-state index is 10.8. The van der Waals surface area contributed by atoms with Crippen LogP contribution in [0.1, 0.15) is 27.1 Å². The molecule has 17 heavy (non-hydrogen) atoms. The van der Waals surface area contributed by atoms with Gasteiger partial charge in [0.05, 0.1) is 17.7 Å². The van der Waals surface area contributed by atoms with E-state index in [0.29, 0.717) is 18.8 Å². The van der Waals surface area contributed by atoms with Gasteiger partial charge in [0, 0.05) is 0 Å². The summed E-state index contributed by atoms with van der Waals surface area (Å²) in [4.78, 5) is 21.6. The van der Waals surface area contributed by atoms with E-state index in [4.69, 9.17) is 14.9 Å². The van der Waals surface area contributed by atoms with Gasteiger partial charge in [-0.2, -0.15) is 12.6 Å². The van der Waals surface area contributed by atoms with Crippen molar-refractivity contribution in [2.24, 2.45) is 0 Å². The molecular weight excluding hydrogens is 244 g/mol. The van der Waals surface area contributed by atoms with Gasteiger partial charge in [0.25, 0.3) is 0 Å². The summed E-state index contributed by atoms with van der Waals surface area (Å²) in [5.74, 6) is -1.49. The Morgan fingerprint density at radius 2 is 1.65 bits per heavy atom. The number of rotatable bonds is 6. The van der Waals surface area contributed by atoms with Gasteiger partial charge in [0.1, 0.15) is 5.75 Å². The van der Waals surface area contributed by atoms with Crippen LogP contribution in [0.4, 0.5) is 0 Å². The van der Waals surface area contributed by atoms with Crippen LogP contribution in [0.2, 0.25) is 0 Å². The van der Waals surface area contributed by atoms with Crippen molar-refractivity contribution in [3.8, 4) is 5.75 Å². The second kappa shape index (κ2) is 6.15. The Labute approximate surface area is 103 Å². The molecule has 0 saturated heterocycles. The summed E-state index contributed by atoms with van der Waals surface area (Å²) in [5, 5.41) is 17.7. The van der Waals surface area contributed by atoms with Gasteiger partial charge in [0.15, 0.2) is 0 Å². The Morgan fingerprint density at radius 1 is 1.12 bits per heavy atom. The minimum absolute atomic E-state index is 0.106. The third kappa shape index (κ3) is 3.99. The topological polar surface area (TPSA) is 83.8 Å². The molecule has 0 spiro atoms. The van der Waals surface area contributed by atoms with Gasteiger partial charge in [0.2, 0.25) is 0 Å². The van der Waals surface area contributed by atoms with E-state index in [2.05, 4.69) is 12.6 Å². The molecule has 1 aromatic rings. The highest BCUT2D eigenvalue weighted by Gasteiger charge is 2.11. The summed E-state index contributed by atoms with van der Waals surface area (Å²) in [5.41, 5.74) is -0.212.